The number of carbonyl (C=O) groups excluding carboxylic acids is 1. The Balaban J connectivity index is 2.13. The first-order valence-corrected chi connectivity index (χ1v) is 10.2. The maximum atomic E-state index is 12.4. The number of carbonyl (C=O) groups is 2. The summed E-state index contributed by atoms with van der Waals surface area (Å²) in [6.07, 6.45) is 0. The number of nitrogens with zero attached hydrogens (tertiary/aromatic N) is 1. The normalized spacial score (nSPS) is 12.5. The Bertz CT molecular complexity index is 878. The molecule has 1 atom stereocenters. The highest BCUT2D eigenvalue weighted by Gasteiger charge is 2.21. The standard InChI is InChI=1S/C17H20N2O5S2/c1-12(17(21)22)11-19(2)16(20)13-5-3-7-15(9-13)26(23,24)18-10-14-6-4-8-25-14/h3-9,12,18H,10-11H2,1-2H3,(H,21,22). The molecule has 0 aliphatic rings. The summed E-state index contributed by atoms with van der Waals surface area (Å²) in [4.78, 5) is 25.5. The van der Waals surface area contributed by atoms with Crippen LogP contribution >= 0.6 is 11.3 Å². The maximum absolute atomic E-state index is 12.4. The lowest BCUT2D eigenvalue weighted by atomic mass is 10.1. The summed E-state index contributed by atoms with van der Waals surface area (Å²) in [6, 6.07) is 9.35. The Morgan fingerprint density at radius 2 is 2.00 bits per heavy atom. The number of rotatable bonds is 8. The molecule has 1 aromatic heterocycles. The first kappa shape index (κ1) is 20.1. The number of sulfonamides is 1. The molecule has 2 N–H and O–H groups in total. The van der Waals surface area contributed by atoms with E-state index >= 15 is 0 Å². The molecule has 0 spiro atoms. The van der Waals surface area contributed by atoms with E-state index in [0.717, 1.165) is 4.88 Å². The van der Waals surface area contributed by atoms with Crippen LogP contribution in [0.3, 0.4) is 0 Å². The molecular formula is C17H20N2O5S2. The van der Waals surface area contributed by atoms with Gasteiger partial charge in [-0.3, -0.25) is 9.59 Å². The van der Waals surface area contributed by atoms with Crippen molar-refractivity contribution in [3.63, 3.8) is 0 Å². The van der Waals surface area contributed by atoms with E-state index in [4.69, 9.17) is 5.11 Å². The molecule has 1 amide bonds. The minimum absolute atomic E-state index is 0.0143. The first-order chi connectivity index (χ1) is 12.2. The predicted octanol–water partition coefficient (Wildman–Crippen LogP) is 2.02. The minimum Gasteiger partial charge on any atom is -0.481 e. The topological polar surface area (TPSA) is 104 Å². The van der Waals surface area contributed by atoms with Crippen LogP contribution < -0.4 is 4.72 Å². The van der Waals surface area contributed by atoms with Gasteiger partial charge in [0.2, 0.25) is 10.0 Å². The van der Waals surface area contributed by atoms with Crippen molar-refractivity contribution in [3.05, 3.63) is 52.2 Å². The molecule has 0 radical (unpaired) electrons. The summed E-state index contributed by atoms with van der Waals surface area (Å²) in [5.74, 6) is -2.16. The van der Waals surface area contributed by atoms with E-state index in [1.54, 1.807) is 0 Å². The third-order valence-electron chi connectivity index (χ3n) is 3.72. The first-order valence-electron chi connectivity index (χ1n) is 7.81. The SMILES string of the molecule is CC(CN(C)C(=O)c1cccc(S(=O)(=O)NCc2cccs2)c1)C(=O)O. The van der Waals surface area contributed by atoms with Gasteiger partial charge in [0.05, 0.1) is 10.8 Å². The number of hydrogen-bond donors (Lipinski definition) is 2. The molecule has 2 rings (SSSR count). The van der Waals surface area contributed by atoms with Crippen LogP contribution in [-0.2, 0) is 21.4 Å². The van der Waals surface area contributed by atoms with Crippen LogP contribution in [0, 0.1) is 5.92 Å². The highest BCUT2D eigenvalue weighted by molar-refractivity contribution is 7.89. The van der Waals surface area contributed by atoms with Crippen molar-refractivity contribution in [2.75, 3.05) is 13.6 Å². The molecule has 0 fully saturated rings. The molecule has 1 heterocycles. The van der Waals surface area contributed by atoms with Crippen LogP contribution in [0.25, 0.3) is 0 Å². The zero-order chi connectivity index (χ0) is 19.3. The second-order valence-electron chi connectivity index (χ2n) is 5.86. The van der Waals surface area contributed by atoms with Crippen molar-refractivity contribution >= 4 is 33.2 Å². The number of carboxylic acid groups (broad SMARTS) is 1. The van der Waals surface area contributed by atoms with E-state index < -0.39 is 27.8 Å². The van der Waals surface area contributed by atoms with Crippen LogP contribution in [0.1, 0.15) is 22.2 Å². The Hall–Kier alpha value is -2.23. The zero-order valence-corrected chi connectivity index (χ0v) is 16.0. The molecule has 26 heavy (non-hydrogen) atoms. The summed E-state index contributed by atoms with van der Waals surface area (Å²) < 4.78 is 27.4. The molecular weight excluding hydrogens is 376 g/mol. The lowest BCUT2D eigenvalue weighted by Crippen LogP contribution is -2.33. The van der Waals surface area contributed by atoms with Crippen LogP contribution in [-0.4, -0.2) is 43.9 Å². The van der Waals surface area contributed by atoms with Gasteiger partial charge in [0, 0.05) is 30.6 Å². The Morgan fingerprint density at radius 3 is 2.62 bits per heavy atom. The molecule has 7 nitrogen and oxygen atoms in total. The summed E-state index contributed by atoms with van der Waals surface area (Å²) in [5.41, 5.74) is 0.184. The Kier molecular flexibility index (Phi) is 6.52. The summed E-state index contributed by atoms with van der Waals surface area (Å²) in [7, 11) is -2.28. The van der Waals surface area contributed by atoms with Crippen molar-refractivity contribution in [1.82, 2.24) is 9.62 Å². The van der Waals surface area contributed by atoms with E-state index in [-0.39, 0.29) is 23.5 Å². The van der Waals surface area contributed by atoms with Gasteiger partial charge in [0.15, 0.2) is 0 Å². The van der Waals surface area contributed by atoms with Crippen LogP contribution in [0.15, 0.2) is 46.7 Å². The molecule has 0 bridgehead atoms. The molecule has 0 saturated carbocycles. The molecule has 9 heteroatoms. The molecule has 2 aromatic rings. The molecule has 1 aromatic carbocycles. The van der Waals surface area contributed by atoms with Gasteiger partial charge < -0.3 is 10.0 Å². The van der Waals surface area contributed by atoms with Crippen molar-refractivity contribution in [2.45, 2.75) is 18.4 Å². The van der Waals surface area contributed by atoms with E-state index in [0.29, 0.717) is 0 Å². The van der Waals surface area contributed by atoms with Gasteiger partial charge in [-0.25, -0.2) is 13.1 Å². The van der Waals surface area contributed by atoms with Gasteiger partial charge in [-0.2, -0.15) is 0 Å². The molecule has 0 aliphatic heterocycles. The van der Waals surface area contributed by atoms with Gasteiger partial charge >= 0.3 is 5.97 Å². The van der Waals surface area contributed by atoms with Gasteiger partial charge in [-0.05, 0) is 29.6 Å². The van der Waals surface area contributed by atoms with Crippen LogP contribution in [0.4, 0.5) is 0 Å². The highest BCUT2D eigenvalue weighted by atomic mass is 32.2. The number of amides is 1. The number of carboxylic acids is 1. The number of benzene rings is 1. The van der Waals surface area contributed by atoms with E-state index in [1.807, 2.05) is 17.5 Å². The monoisotopic (exact) mass is 396 g/mol. The molecule has 0 aliphatic carbocycles. The fraction of sp³-hybridized carbons (Fsp3) is 0.294. The number of hydrogen-bond acceptors (Lipinski definition) is 5. The van der Waals surface area contributed by atoms with Gasteiger partial charge in [0.25, 0.3) is 5.91 Å². The van der Waals surface area contributed by atoms with Crippen molar-refractivity contribution in [2.24, 2.45) is 5.92 Å². The van der Waals surface area contributed by atoms with E-state index in [1.165, 1.54) is 54.5 Å². The second kappa shape index (κ2) is 8.43. The summed E-state index contributed by atoms with van der Waals surface area (Å²) in [5, 5.41) is 10.8. The van der Waals surface area contributed by atoms with E-state index in [2.05, 4.69) is 4.72 Å². The molecule has 140 valence electrons. The fourth-order valence-corrected chi connectivity index (χ4v) is 4.04. The van der Waals surface area contributed by atoms with Gasteiger partial charge in [-0.1, -0.05) is 19.1 Å². The lowest BCUT2D eigenvalue weighted by molar-refractivity contribution is -0.141. The lowest BCUT2D eigenvalue weighted by Gasteiger charge is -2.19. The average Bonchev–Trinajstić information content (AvgIpc) is 3.13. The Labute approximate surface area is 156 Å². The number of thiophene rings is 1. The van der Waals surface area contributed by atoms with Gasteiger partial charge in [-0.15, -0.1) is 11.3 Å². The maximum Gasteiger partial charge on any atom is 0.308 e. The van der Waals surface area contributed by atoms with Crippen molar-refractivity contribution < 1.29 is 23.1 Å². The number of aliphatic carboxylic acids is 1. The molecule has 0 saturated heterocycles. The van der Waals surface area contributed by atoms with Crippen molar-refractivity contribution in [1.29, 1.82) is 0 Å². The average molecular weight is 396 g/mol. The predicted molar refractivity (Wildman–Crippen MR) is 98.5 cm³/mol. The fourth-order valence-electron chi connectivity index (χ4n) is 2.25. The molecule has 1 unspecified atom stereocenters. The van der Waals surface area contributed by atoms with Crippen LogP contribution in [0.5, 0.6) is 0 Å². The number of nitrogens with one attached hydrogen (secondary N) is 1. The second-order valence-corrected chi connectivity index (χ2v) is 8.66. The quantitative estimate of drug-likeness (QED) is 0.710. The summed E-state index contributed by atoms with van der Waals surface area (Å²) >= 11 is 1.44. The Morgan fingerprint density at radius 1 is 1.27 bits per heavy atom. The van der Waals surface area contributed by atoms with Gasteiger partial charge in [0.1, 0.15) is 0 Å². The highest BCUT2D eigenvalue weighted by Crippen LogP contribution is 2.15. The third-order valence-corrected chi connectivity index (χ3v) is 6.00. The summed E-state index contributed by atoms with van der Waals surface area (Å²) in [6.45, 7) is 1.71. The zero-order valence-electron chi connectivity index (χ0n) is 14.4. The van der Waals surface area contributed by atoms with Crippen molar-refractivity contribution in [3.8, 4) is 0 Å². The largest absolute Gasteiger partial charge is 0.481 e. The minimum atomic E-state index is -3.76. The smallest absolute Gasteiger partial charge is 0.308 e. The third kappa shape index (κ3) is 5.13. The van der Waals surface area contributed by atoms with Crippen LogP contribution in [0.2, 0.25) is 0 Å². The van der Waals surface area contributed by atoms with E-state index in [9.17, 15) is 18.0 Å².